The first-order chi connectivity index (χ1) is 24.6. The number of anilines is 2. The zero-order valence-electron chi connectivity index (χ0n) is 28.6. The average molecular weight is 701 g/mol. The maximum Gasteiger partial charge on any atom is 0.416 e. The largest absolute Gasteiger partial charge is 0.416 e. The summed E-state index contributed by atoms with van der Waals surface area (Å²) < 4.78 is 39.5. The van der Waals surface area contributed by atoms with Crippen LogP contribution in [0, 0.1) is 0 Å². The van der Waals surface area contributed by atoms with E-state index in [0.717, 1.165) is 88.3 Å². The standard InChI is InChI=1S/C37H39F3N6O2.C2H4O/c38-37(39,40)30-9-5-6-26(21-30)24-43-35(47)29-12-13-42-34(22-29)32-23-31(46-16-2-1-3-17-46)10-11-33(32)44-36(48)28-8-4-7-27(20-28)25-45-18-14-41-15-19-45;1-2-3/h4-13,20-23,41H,1-3,14-19,24-25H2,(H,43,47)(H,44,48);2H,1H3. The number of piperidine rings is 1. The summed E-state index contributed by atoms with van der Waals surface area (Å²) in [7, 11) is 0. The van der Waals surface area contributed by atoms with Gasteiger partial charge in [-0.1, -0.05) is 24.3 Å². The summed E-state index contributed by atoms with van der Waals surface area (Å²) in [5, 5.41) is 9.16. The van der Waals surface area contributed by atoms with Gasteiger partial charge < -0.3 is 25.6 Å². The number of amides is 2. The molecule has 0 bridgehead atoms. The molecule has 0 unspecified atom stereocenters. The minimum Gasteiger partial charge on any atom is -0.372 e. The van der Waals surface area contributed by atoms with Crippen molar-refractivity contribution in [2.45, 2.75) is 45.5 Å². The molecule has 0 aliphatic carbocycles. The van der Waals surface area contributed by atoms with E-state index >= 15 is 0 Å². The molecule has 0 saturated carbocycles. The molecule has 268 valence electrons. The van der Waals surface area contributed by atoms with E-state index in [4.69, 9.17) is 4.79 Å². The van der Waals surface area contributed by atoms with Crippen LogP contribution in [0.25, 0.3) is 11.3 Å². The smallest absolute Gasteiger partial charge is 0.372 e. The fourth-order valence-electron chi connectivity index (χ4n) is 6.20. The highest BCUT2D eigenvalue weighted by molar-refractivity contribution is 6.06. The summed E-state index contributed by atoms with van der Waals surface area (Å²) in [5.74, 6) is -0.700. The highest BCUT2D eigenvalue weighted by atomic mass is 19.4. The molecule has 3 heterocycles. The van der Waals surface area contributed by atoms with E-state index in [-0.39, 0.29) is 12.5 Å². The lowest BCUT2D eigenvalue weighted by atomic mass is 10.0. The van der Waals surface area contributed by atoms with Crippen molar-refractivity contribution in [3.8, 4) is 11.3 Å². The Balaban J connectivity index is 0.00000162. The van der Waals surface area contributed by atoms with E-state index in [2.05, 4.69) is 30.7 Å². The van der Waals surface area contributed by atoms with Crippen LogP contribution < -0.4 is 20.9 Å². The molecule has 2 fully saturated rings. The van der Waals surface area contributed by atoms with Crippen LogP contribution in [0.15, 0.2) is 85.1 Å². The van der Waals surface area contributed by atoms with Crippen LogP contribution in [-0.4, -0.2) is 67.3 Å². The molecule has 51 heavy (non-hydrogen) atoms. The van der Waals surface area contributed by atoms with Crippen LogP contribution in [-0.2, 0) is 24.1 Å². The van der Waals surface area contributed by atoms with Crippen LogP contribution in [0.1, 0.15) is 63.6 Å². The number of hydrogen-bond donors (Lipinski definition) is 3. The van der Waals surface area contributed by atoms with E-state index in [0.29, 0.717) is 33.6 Å². The molecule has 2 amide bonds. The van der Waals surface area contributed by atoms with E-state index < -0.39 is 17.6 Å². The highest BCUT2D eigenvalue weighted by Crippen LogP contribution is 2.33. The van der Waals surface area contributed by atoms with E-state index in [1.807, 2.05) is 36.4 Å². The van der Waals surface area contributed by atoms with Gasteiger partial charge in [0.2, 0.25) is 0 Å². The van der Waals surface area contributed by atoms with E-state index in [1.54, 1.807) is 18.2 Å². The third kappa shape index (κ3) is 10.5. The molecular formula is C39H43F3N6O3. The summed E-state index contributed by atoms with van der Waals surface area (Å²) in [6, 6.07) is 21.6. The van der Waals surface area contributed by atoms with Crippen molar-refractivity contribution in [2.75, 3.05) is 49.5 Å². The van der Waals surface area contributed by atoms with E-state index in [1.165, 1.54) is 31.7 Å². The average Bonchev–Trinajstić information content (AvgIpc) is 3.15. The SMILES string of the molecule is CC=O.O=C(NCc1cccc(C(F)(F)F)c1)c1ccnc(-c2cc(N3CCCCC3)ccc2NC(=O)c2cccc(CN3CCNCC3)c2)c1. The Morgan fingerprint density at radius 2 is 1.55 bits per heavy atom. The number of piperazine rings is 1. The van der Waals surface area contributed by atoms with Gasteiger partial charge in [-0.15, -0.1) is 0 Å². The van der Waals surface area contributed by atoms with Gasteiger partial charge in [-0.3, -0.25) is 19.5 Å². The van der Waals surface area contributed by atoms with Crippen molar-refractivity contribution in [1.29, 1.82) is 0 Å². The van der Waals surface area contributed by atoms with Crippen molar-refractivity contribution >= 4 is 29.5 Å². The van der Waals surface area contributed by atoms with Gasteiger partial charge in [0.15, 0.2) is 0 Å². The van der Waals surface area contributed by atoms with Gasteiger partial charge in [-0.25, -0.2) is 0 Å². The van der Waals surface area contributed by atoms with Gasteiger partial charge in [0, 0.05) is 80.9 Å². The minimum absolute atomic E-state index is 0.0696. The first-order valence-electron chi connectivity index (χ1n) is 17.2. The Kier molecular flexibility index (Phi) is 12.9. The molecule has 12 heteroatoms. The lowest BCUT2D eigenvalue weighted by Crippen LogP contribution is -2.42. The summed E-state index contributed by atoms with van der Waals surface area (Å²) in [6.45, 7) is 7.81. The Morgan fingerprint density at radius 3 is 2.29 bits per heavy atom. The molecular weight excluding hydrogens is 657 g/mol. The third-order valence-electron chi connectivity index (χ3n) is 8.78. The number of alkyl halides is 3. The molecule has 3 aromatic carbocycles. The quantitative estimate of drug-likeness (QED) is 0.170. The van der Waals surface area contributed by atoms with E-state index in [9.17, 15) is 22.8 Å². The molecule has 2 aliphatic heterocycles. The minimum atomic E-state index is -4.47. The van der Waals surface area contributed by atoms with Crippen molar-refractivity contribution in [3.63, 3.8) is 0 Å². The predicted molar refractivity (Wildman–Crippen MR) is 193 cm³/mol. The third-order valence-corrected chi connectivity index (χ3v) is 8.78. The molecule has 2 aliphatic rings. The van der Waals surface area contributed by atoms with Gasteiger partial charge in [0.25, 0.3) is 11.8 Å². The molecule has 3 N–H and O–H groups in total. The summed E-state index contributed by atoms with van der Waals surface area (Å²) >= 11 is 0. The highest BCUT2D eigenvalue weighted by Gasteiger charge is 2.30. The molecule has 6 rings (SSSR count). The van der Waals surface area contributed by atoms with Crippen LogP contribution >= 0.6 is 0 Å². The van der Waals surface area contributed by atoms with Gasteiger partial charge in [-0.05, 0) is 91.9 Å². The van der Waals surface area contributed by atoms with Crippen LogP contribution in [0.2, 0.25) is 0 Å². The second-order valence-corrected chi connectivity index (χ2v) is 12.5. The number of benzene rings is 3. The molecule has 0 radical (unpaired) electrons. The number of nitrogens with zero attached hydrogens (tertiary/aromatic N) is 3. The van der Waals surface area contributed by atoms with Gasteiger partial charge in [0.05, 0.1) is 16.9 Å². The number of aromatic nitrogens is 1. The molecule has 1 aromatic heterocycles. The Hall–Kier alpha value is -5.07. The topological polar surface area (TPSA) is 107 Å². The van der Waals surface area contributed by atoms with Crippen molar-refractivity contribution in [3.05, 3.63) is 113 Å². The summed E-state index contributed by atoms with van der Waals surface area (Å²) in [6.07, 6.45) is 1.18. The van der Waals surface area contributed by atoms with Gasteiger partial charge >= 0.3 is 6.18 Å². The Labute approximate surface area is 296 Å². The zero-order valence-corrected chi connectivity index (χ0v) is 28.6. The predicted octanol–water partition coefficient (Wildman–Crippen LogP) is 6.55. The van der Waals surface area contributed by atoms with Crippen LogP contribution in [0.3, 0.4) is 0 Å². The lowest BCUT2D eigenvalue weighted by Gasteiger charge is -2.29. The number of pyridine rings is 1. The lowest BCUT2D eigenvalue weighted by molar-refractivity contribution is -0.137. The van der Waals surface area contributed by atoms with Crippen LogP contribution in [0.5, 0.6) is 0 Å². The number of halogens is 3. The zero-order chi connectivity index (χ0) is 36.2. The van der Waals surface area contributed by atoms with Gasteiger partial charge in [0.1, 0.15) is 6.29 Å². The molecule has 0 atom stereocenters. The molecule has 4 aromatic rings. The molecule has 9 nitrogen and oxygen atoms in total. The monoisotopic (exact) mass is 700 g/mol. The normalized spacial score (nSPS) is 14.9. The summed E-state index contributed by atoms with van der Waals surface area (Å²) in [5.41, 5.74) is 4.19. The fourth-order valence-corrected chi connectivity index (χ4v) is 6.20. The van der Waals surface area contributed by atoms with Crippen molar-refractivity contribution in [2.24, 2.45) is 0 Å². The number of carbonyl (C=O) groups is 3. The first kappa shape index (κ1) is 37.2. The fraction of sp³-hybridized carbons (Fsp3) is 0.333. The number of hydrogen-bond acceptors (Lipinski definition) is 7. The second kappa shape index (κ2) is 17.7. The Bertz CT molecular complexity index is 1800. The summed E-state index contributed by atoms with van der Waals surface area (Å²) in [4.78, 5) is 44.8. The Morgan fingerprint density at radius 1 is 0.843 bits per heavy atom. The maximum atomic E-state index is 13.6. The first-order valence-corrected chi connectivity index (χ1v) is 17.2. The number of aldehydes is 1. The van der Waals surface area contributed by atoms with Crippen LogP contribution in [0.4, 0.5) is 24.5 Å². The van der Waals surface area contributed by atoms with Crippen molar-refractivity contribution in [1.82, 2.24) is 20.5 Å². The number of carbonyl (C=O) groups excluding carboxylic acids is 3. The number of nitrogens with one attached hydrogen (secondary N) is 3. The molecule has 0 spiro atoms. The second-order valence-electron chi connectivity index (χ2n) is 12.5. The number of rotatable bonds is 9. The molecule has 2 saturated heterocycles. The van der Waals surface area contributed by atoms with Crippen molar-refractivity contribution < 1.29 is 27.6 Å². The maximum absolute atomic E-state index is 13.6. The van der Waals surface area contributed by atoms with Gasteiger partial charge in [-0.2, -0.15) is 13.2 Å².